The first-order chi connectivity index (χ1) is 17.7. The van der Waals surface area contributed by atoms with Gasteiger partial charge in [-0.1, -0.05) is 0 Å². The third-order valence-corrected chi connectivity index (χ3v) is 5.06. The molecule has 206 valence electrons. The van der Waals surface area contributed by atoms with Gasteiger partial charge >= 0.3 is 12.1 Å². The first kappa shape index (κ1) is 28.4. The number of nitrogens with zero attached hydrogens (tertiary/aromatic N) is 3. The Hall–Kier alpha value is -4.20. The van der Waals surface area contributed by atoms with E-state index in [1.165, 1.54) is 27.9 Å². The van der Waals surface area contributed by atoms with Crippen molar-refractivity contribution in [2.75, 3.05) is 7.11 Å². The summed E-state index contributed by atoms with van der Waals surface area (Å²) < 4.78 is 26.6. The summed E-state index contributed by atoms with van der Waals surface area (Å²) in [5, 5.41) is 15.4. The van der Waals surface area contributed by atoms with E-state index in [2.05, 4.69) is 30.3 Å². The number of esters is 1. The Labute approximate surface area is 218 Å². The van der Waals surface area contributed by atoms with Gasteiger partial charge in [-0.05, 0) is 48.5 Å². The number of aliphatic hydroxyl groups excluding tert-OH is 1. The Balaban J connectivity index is 1.77. The van der Waals surface area contributed by atoms with Crippen LogP contribution in [0.5, 0.6) is 0 Å². The summed E-state index contributed by atoms with van der Waals surface area (Å²) in [7, 11) is 1.20. The SMILES string of the molecule is COC(=O)c1nc(C(NC(=O)c2nc(-c3nc(CNC(=O)OC(C)(C)C)oc3C)oc2C)C(C)O)oc1C. The molecular formula is C24H31N5O9. The van der Waals surface area contributed by atoms with E-state index in [4.69, 9.17) is 18.0 Å². The Morgan fingerprint density at radius 3 is 2.24 bits per heavy atom. The number of hydrogen-bond donors (Lipinski definition) is 3. The number of nitrogens with one attached hydrogen (secondary N) is 2. The van der Waals surface area contributed by atoms with Gasteiger partial charge in [0.05, 0.1) is 19.8 Å². The van der Waals surface area contributed by atoms with Crippen molar-refractivity contribution in [1.82, 2.24) is 25.6 Å². The van der Waals surface area contributed by atoms with Crippen LogP contribution in [-0.2, 0) is 16.0 Å². The Morgan fingerprint density at radius 1 is 0.974 bits per heavy atom. The molecule has 3 heterocycles. The Morgan fingerprint density at radius 2 is 1.63 bits per heavy atom. The van der Waals surface area contributed by atoms with Crippen LogP contribution in [0.4, 0.5) is 4.79 Å². The van der Waals surface area contributed by atoms with Crippen molar-refractivity contribution in [3.8, 4) is 11.6 Å². The Kier molecular flexibility index (Phi) is 8.25. The van der Waals surface area contributed by atoms with Gasteiger partial charge in [0, 0.05) is 0 Å². The summed E-state index contributed by atoms with van der Waals surface area (Å²) in [6, 6.07) is -1.10. The number of oxazole rings is 3. The van der Waals surface area contributed by atoms with Gasteiger partial charge in [0.25, 0.3) is 5.91 Å². The van der Waals surface area contributed by atoms with Crippen molar-refractivity contribution in [2.45, 2.75) is 72.8 Å². The average Bonchev–Trinajstić information content (AvgIpc) is 3.50. The van der Waals surface area contributed by atoms with Crippen molar-refractivity contribution in [3.05, 3.63) is 40.5 Å². The van der Waals surface area contributed by atoms with Gasteiger partial charge < -0.3 is 38.5 Å². The van der Waals surface area contributed by atoms with Gasteiger partial charge in [0.1, 0.15) is 28.9 Å². The highest BCUT2D eigenvalue weighted by Gasteiger charge is 2.31. The number of aliphatic hydroxyl groups is 1. The van der Waals surface area contributed by atoms with Crippen molar-refractivity contribution in [2.24, 2.45) is 0 Å². The Bertz CT molecular complexity index is 1330. The first-order valence-electron chi connectivity index (χ1n) is 11.7. The molecule has 0 fully saturated rings. The number of amides is 2. The molecule has 2 unspecified atom stereocenters. The van der Waals surface area contributed by atoms with E-state index >= 15 is 0 Å². The second-order valence-corrected chi connectivity index (χ2v) is 9.43. The molecule has 2 amide bonds. The van der Waals surface area contributed by atoms with E-state index in [-0.39, 0.29) is 52.8 Å². The van der Waals surface area contributed by atoms with Crippen molar-refractivity contribution in [1.29, 1.82) is 0 Å². The molecule has 0 aliphatic heterocycles. The monoisotopic (exact) mass is 533 g/mol. The lowest BCUT2D eigenvalue weighted by molar-refractivity contribution is 0.0517. The number of alkyl carbamates (subject to hydrolysis) is 1. The zero-order valence-electron chi connectivity index (χ0n) is 22.4. The van der Waals surface area contributed by atoms with Crippen molar-refractivity contribution >= 4 is 18.0 Å². The van der Waals surface area contributed by atoms with E-state index in [1.54, 1.807) is 27.7 Å². The predicted octanol–water partition coefficient (Wildman–Crippen LogP) is 2.91. The molecule has 38 heavy (non-hydrogen) atoms. The van der Waals surface area contributed by atoms with Gasteiger partial charge in [-0.25, -0.2) is 24.5 Å². The second-order valence-electron chi connectivity index (χ2n) is 9.43. The summed E-state index contributed by atoms with van der Waals surface area (Å²) in [4.78, 5) is 49.4. The minimum Gasteiger partial charge on any atom is -0.464 e. The molecule has 3 aromatic rings. The van der Waals surface area contributed by atoms with Crippen LogP contribution in [-0.4, -0.2) is 56.8 Å². The summed E-state index contributed by atoms with van der Waals surface area (Å²) in [6.45, 7) is 11.3. The number of methoxy groups -OCH3 is 1. The highest BCUT2D eigenvalue weighted by atomic mass is 16.6. The van der Waals surface area contributed by atoms with Gasteiger partial charge in [0.2, 0.25) is 17.7 Å². The molecule has 3 aromatic heterocycles. The summed E-state index contributed by atoms with van der Waals surface area (Å²) in [5.41, 5.74) is -0.554. The molecule has 0 saturated carbocycles. The predicted molar refractivity (Wildman–Crippen MR) is 129 cm³/mol. The fourth-order valence-electron chi connectivity index (χ4n) is 3.33. The largest absolute Gasteiger partial charge is 0.464 e. The van der Waals surface area contributed by atoms with Crippen LogP contribution in [0.2, 0.25) is 0 Å². The zero-order chi connectivity index (χ0) is 28.4. The highest BCUT2D eigenvalue weighted by molar-refractivity contribution is 5.94. The van der Waals surface area contributed by atoms with Crippen LogP contribution < -0.4 is 10.6 Å². The molecule has 0 aromatic carbocycles. The van der Waals surface area contributed by atoms with E-state index in [1.807, 2.05) is 0 Å². The molecular weight excluding hydrogens is 502 g/mol. The minimum absolute atomic E-state index is 0.0194. The van der Waals surface area contributed by atoms with Crippen LogP contribution >= 0.6 is 0 Å². The molecule has 0 bridgehead atoms. The summed E-state index contributed by atoms with van der Waals surface area (Å²) in [6.07, 6.45) is -1.76. The van der Waals surface area contributed by atoms with Crippen molar-refractivity contribution in [3.63, 3.8) is 0 Å². The molecule has 3 N–H and O–H groups in total. The molecule has 0 aliphatic carbocycles. The number of rotatable bonds is 8. The maximum Gasteiger partial charge on any atom is 0.408 e. The fourth-order valence-corrected chi connectivity index (χ4v) is 3.33. The van der Waals surface area contributed by atoms with Crippen LogP contribution in [0.15, 0.2) is 13.3 Å². The lowest BCUT2D eigenvalue weighted by Gasteiger charge is -2.19. The molecule has 0 aliphatic rings. The molecule has 0 saturated heterocycles. The number of aryl methyl sites for hydroxylation is 3. The van der Waals surface area contributed by atoms with Crippen molar-refractivity contribution < 1.29 is 42.2 Å². The van der Waals surface area contributed by atoms with Gasteiger partial charge in [-0.3, -0.25) is 4.79 Å². The molecule has 14 nitrogen and oxygen atoms in total. The number of carbonyl (C=O) groups excluding carboxylic acids is 3. The van der Waals surface area contributed by atoms with E-state index < -0.39 is 35.7 Å². The molecule has 14 heteroatoms. The van der Waals surface area contributed by atoms with Gasteiger partial charge in [-0.2, -0.15) is 0 Å². The normalized spacial score (nSPS) is 13.1. The van der Waals surface area contributed by atoms with Crippen LogP contribution in [0, 0.1) is 20.8 Å². The highest BCUT2D eigenvalue weighted by Crippen LogP contribution is 2.26. The smallest absolute Gasteiger partial charge is 0.408 e. The lowest BCUT2D eigenvalue weighted by atomic mass is 10.1. The number of carbonyl (C=O) groups is 3. The molecule has 0 radical (unpaired) electrons. The lowest BCUT2D eigenvalue weighted by Crippen LogP contribution is -2.35. The van der Waals surface area contributed by atoms with Crippen LogP contribution in [0.1, 0.15) is 83.8 Å². The van der Waals surface area contributed by atoms with Gasteiger partial charge in [-0.15, -0.1) is 0 Å². The first-order valence-corrected chi connectivity index (χ1v) is 11.7. The minimum atomic E-state index is -1.13. The standard InChI is InChI=1S/C24H31N5O9/c1-10(30)15(20-29-18(13(4)37-20)22(32)34-8)27-19(31)16-11(2)36-21(28-16)17-12(3)35-14(26-17)9-25-23(33)38-24(5,6)7/h10,15,30H,9H2,1-8H3,(H,25,33)(H,27,31). The maximum absolute atomic E-state index is 13.1. The summed E-state index contributed by atoms with van der Waals surface area (Å²) >= 11 is 0. The van der Waals surface area contributed by atoms with Gasteiger partial charge in [0.15, 0.2) is 17.1 Å². The molecule has 0 spiro atoms. The zero-order valence-corrected chi connectivity index (χ0v) is 22.4. The topological polar surface area (TPSA) is 192 Å². The molecule has 3 rings (SSSR count). The average molecular weight is 534 g/mol. The fraction of sp³-hybridized carbons (Fsp3) is 0.500. The summed E-state index contributed by atoms with van der Waals surface area (Å²) in [5.74, 6) is -0.581. The third kappa shape index (κ3) is 6.56. The number of aromatic nitrogens is 3. The third-order valence-electron chi connectivity index (χ3n) is 5.06. The maximum atomic E-state index is 13.1. The quantitative estimate of drug-likeness (QED) is 0.359. The van der Waals surface area contributed by atoms with E-state index in [0.717, 1.165) is 0 Å². The molecule has 2 atom stereocenters. The van der Waals surface area contributed by atoms with E-state index in [0.29, 0.717) is 5.76 Å². The van der Waals surface area contributed by atoms with E-state index in [9.17, 15) is 19.5 Å². The number of ether oxygens (including phenoxy) is 2. The second kappa shape index (κ2) is 11.0. The number of hydrogen-bond acceptors (Lipinski definition) is 12. The van der Waals surface area contributed by atoms with Crippen LogP contribution in [0.25, 0.3) is 11.6 Å². The van der Waals surface area contributed by atoms with Crippen LogP contribution in [0.3, 0.4) is 0 Å².